The maximum Gasteiger partial charge on any atom is 0.225 e. The Morgan fingerprint density at radius 1 is 1.27 bits per heavy atom. The molecule has 0 unspecified atom stereocenters. The van der Waals surface area contributed by atoms with Crippen LogP contribution < -0.4 is 5.32 Å². The Hall–Kier alpha value is -2.63. The maximum atomic E-state index is 12.5. The Morgan fingerprint density at radius 2 is 2.08 bits per heavy atom. The molecule has 0 saturated carbocycles. The van der Waals surface area contributed by atoms with Gasteiger partial charge < -0.3 is 10.2 Å². The highest BCUT2D eigenvalue weighted by Crippen LogP contribution is 2.18. The van der Waals surface area contributed by atoms with Crippen LogP contribution in [-0.2, 0) is 16.1 Å². The number of carbonyl (C=O) groups is 2. The number of para-hydroxylation sites is 1. The van der Waals surface area contributed by atoms with Crippen molar-refractivity contribution in [3.05, 3.63) is 48.3 Å². The third kappa shape index (κ3) is 4.50. The minimum atomic E-state index is -0.117. The highest BCUT2D eigenvalue weighted by Gasteiger charge is 2.27. The fraction of sp³-hybridized carbons (Fsp3) is 0.450. The predicted molar refractivity (Wildman–Crippen MR) is 99.6 cm³/mol. The first-order chi connectivity index (χ1) is 12.7. The number of amides is 2. The molecule has 0 spiro atoms. The molecule has 2 heterocycles. The molecule has 0 radical (unpaired) electrons. The molecule has 1 aliphatic rings. The van der Waals surface area contributed by atoms with Gasteiger partial charge in [-0.3, -0.25) is 9.59 Å². The summed E-state index contributed by atoms with van der Waals surface area (Å²) in [5.74, 6) is 0.0642. The molecule has 6 nitrogen and oxygen atoms in total. The van der Waals surface area contributed by atoms with Crippen LogP contribution in [0.1, 0.15) is 38.2 Å². The summed E-state index contributed by atoms with van der Waals surface area (Å²) in [7, 11) is 0. The summed E-state index contributed by atoms with van der Waals surface area (Å²) in [5, 5.41) is 7.34. The SMILES string of the molecule is CCCC(=O)N1CCC[C@@H](C(=O)NCc2cnn(-c3ccccc3)c2)C1. The molecule has 0 aliphatic carbocycles. The van der Waals surface area contributed by atoms with E-state index < -0.39 is 0 Å². The Kier molecular flexibility index (Phi) is 6.04. The number of hydrogen-bond donors (Lipinski definition) is 1. The van der Waals surface area contributed by atoms with E-state index in [1.54, 1.807) is 10.9 Å². The smallest absolute Gasteiger partial charge is 0.225 e. The van der Waals surface area contributed by atoms with Crippen LogP contribution in [0.3, 0.4) is 0 Å². The summed E-state index contributed by atoms with van der Waals surface area (Å²) in [6.07, 6.45) is 6.83. The second-order valence-electron chi connectivity index (χ2n) is 6.78. The minimum absolute atomic E-state index is 0.0199. The molecule has 1 fully saturated rings. The lowest BCUT2D eigenvalue weighted by atomic mass is 9.96. The van der Waals surface area contributed by atoms with Crippen molar-refractivity contribution in [1.82, 2.24) is 20.0 Å². The van der Waals surface area contributed by atoms with E-state index in [-0.39, 0.29) is 17.7 Å². The van der Waals surface area contributed by atoms with Crippen LogP contribution in [0.15, 0.2) is 42.7 Å². The van der Waals surface area contributed by atoms with E-state index in [9.17, 15) is 9.59 Å². The fourth-order valence-electron chi connectivity index (χ4n) is 3.30. The van der Waals surface area contributed by atoms with E-state index in [1.165, 1.54) is 0 Å². The summed E-state index contributed by atoms with van der Waals surface area (Å²) < 4.78 is 1.80. The Bertz CT molecular complexity index is 741. The van der Waals surface area contributed by atoms with Gasteiger partial charge in [0.25, 0.3) is 0 Å². The fourth-order valence-corrected chi connectivity index (χ4v) is 3.30. The van der Waals surface area contributed by atoms with E-state index in [0.29, 0.717) is 19.5 Å². The summed E-state index contributed by atoms with van der Waals surface area (Å²) >= 11 is 0. The molecule has 3 rings (SSSR count). The number of nitrogens with one attached hydrogen (secondary N) is 1. The zero-order chi connectivity index (χ0) is 18.4. The normalized spacial score (nSPS) is 17.1. The van der Waals surface area contributed by atoms with Crippen LogP contribution in [-0.4, -0.2) is 39.6 Å². The molecule has 1 aromatic heterocycles. The van der Waals surface area contributed by atoms with Crippen LogP contribution in [0, 0.1) is 5.92 Å². The van der Waals surface area contributed by atoms with Crippen molar-refractivity contribution >= 4 is 11.8 Å². The van der Waals surface area contributed by atoms with Gasteiger partial charge in [-0.05, 0) is 31.4 Å². The number of piperidine rings is 1. The molecule has 26 heavy (non-hydrogen) atoms. The summed E-state index contributed by atoms with van der Waals surface area (Å²) in [6.45, 7) is 3.76. The van der Waals surface area contributed by atoms with Crippen molar-refractivity contribution in [3.63, 3.8) is 0 Å². The van der Waals surface area contributed by atoms with Crippen molar-refractivity contribution in [1.29, 1.82) is 0 Å². The molecule has 0 bridgehead atoms. The summed E-state index contributed by atoms with van der Waals surface area (Å²) in [4.78, 5) is 26.4. The van der Waals surface area contributed by atoms with Crippen LogP contribution in [0.25, 0.3) is 5.69 Å². The van der Waals surface area contributed by atoms with Crippen molar-refractivity contribution in [2.75, 3.05) is 13.1 Å². The van der Waals surface area contributed by atoms with Gasteiger partial charge in [0.05, 0.1) is 17.8 Å². The van der Waals surface area contributed by atoms with Crippen LogP contribution >= 0.6 is 0 Å². The van der Waals surface area contributed by atoms with Gasteiger partial charge in [0, 0.05) is 37.8 Å². The van der Waals surface area contributed by atoms with Crippen LogP contribution in [0.4, 0.5) is 0 Å². The summed E-state index contributed by atoms with van der Waals surface area (Å²) in [6, 6.07) is 9.87. The lowest BCUT2D eigenvalue weighted by Gasteiger charge is -2.32. The Balaban J connectivity index is 1.52. The van der Waals surface area contributed by atoms with Gasteiger partial charge in [-0.25, -0.2) is 4.68 Å². The number of aromatic nitrogens is 2. The maximum absolute atomic E-state index is 12.5. The van der Waals surface area contributed by atoms with E-state index in [0.717, 1.165) is 37.1 Å². The average molecular weight is 354 g/mol. The molecule has 2 aromatic rings. The first-order valence-corrected chi connectivity index (χ1v) is 9.32. The topological polar surface area (TPSA) is 67.2 Å². The van der Waals surface area contributed by atoms with Crippen LogP contribution in [0.5, 0.6) is 0 Å². The molecular formula is C20H26N4O2. The highest BCUT2D eigenvalue weighted by atomic mass is 16.2. The number of likely N-dealkylation sites (tertiary alicyclic amines) is 1. The number of carbonyl (C=O) groups excluding carboxylic acids is 2. The number of benzene rings is 1. The van der Waals surface area contributed by atoms with Crippen LogP contribution in [0.2, 0.25) is 0 Å². The Morgan fingerprint density at radius 3 is 2.85 bits per heavy atom. The van der Waals surface area contributed by atoms with Gasteiger partial charge in [0.2, 0.25) is 11.8 Å². The van der Waals surface area contributed by atoms with Gasteiger partial charge in [-0.15, -0.1) is 0 Å². The van der Waals surface area contributed by atoms with Gasteiger partial charge in [-0.2, -0.15) is 5.10 Å². The first kappa shape index (κ1) is 18.2. The number of rotatable bonds is 6. The molecule has 6 heteroatoms. The highest BCUT2D eigenvalue weighted by molar-refractivity contribution is 5.81. The van der Waals surface area contributed by atoms with Gasteiger partial charge >= 0.3 is 0 Å². The molecule has 1 saturated heterocycles. The molecule has 1 N–H and O–H groups in total. The van der Waals surface area contributed by atoms with E-state index >= 15 is 0 Å². The largest absolute Gasteiger partial charge is 0.352 e. The molecule has 1 atom stereocenters. The summed E-state index contributed by atoms with van der Waals surface area (Å²) in [5.41, 5.74) is 1.94. The molecule has 1 aliphatic heterocycles. The lowest BCUT2D eigenvalue weighted by molar-refractivity contribution is -0.135. The van der Waals surface area contributed by atoms with E-state index in [4.69, 9.17) is 0 Å². The zero-order valence-corrected chi connectivity index (χ0v) is 15.2. The second-order valence-corrected chi connectivity index (χ2v) is 6.78. The van der Waals surface area contributed by atoms with Crippen molar-refractivity contribution in [3.8, 4) is 5.69 Å². The molecule has 2 amide bonds. The third-order valence-electron chi connectivity index (χ3n) is 4.73. The van der Waals surface area contributed by atoms with Gasteiger partial charge in [0.1, 0.15) is 0 Å². The van der Waals surface area contributed by atoms with E-state index in [2.05, 4.69) is 10.4 Å². The lowest BCUT2D eigenvalue weighted by Crippen LogP contribution is -2.45. The molecule has 1 aromatic carbocycles. The van der Waals surface area contributed by atoms with E-state index in [1.807, 2.05) is 48.4 Å². The van der Waals surface area contributed by atoms with Gasteiger partial charge in [0.15, 0.2) is 0 Å². The zero-order valence-electron chi connectivity index (χ0n) is 15.2. The Labute approximate surface area is 154 Å². The van der Waals surface area contributed by atoms with Crippen molar-refractivity contribution in [2.45, 2.75) is 39.2 Å². The number of hydrogen-bond acceptors (Lipinski definition) is 3. The van der Waals surface area contributed by atoms with Crippen molar-refractivity contribution in [2.24, 2.45) is 5.92 Å². The second kappa shape index (κ2) is 8.65. The molecular weight excluding hydrogens is 328 g/mol. The van der Waals surface area contributed by atoms with Crippen molar-refractivity contribution < 1.29 is 9.59 Å². The third-order valence-corrected chi connectivity index (χ3v) is 4.73. The molecule has 138 valence electrons. The number of nitrogens with zero attached hydrogens (tertiary/aromatic N) is 3. The predicted octanol–water partition coefficient (Wildman–Crippen LogP) is 2.53. The standard InChI is InChI=1S/C20H26N4O2/c1-2-7-19(25)23-11-6-8-17(15-23)20(26)21-12-16-13-22-24(14-16)18-9-4-3-5-10-18/h3-5,9-10,13-14,17H,2,6-8,11-12,15H2,1H3,(H,21,26)/t17-/m1/s1. The van der Waals surface area contributed by atoms with Gasteiger partial charge in [-0.1, -0.05) is 25.1 Å². The minimum Gasteiger partial charge on any atom is -0.352 e. The first-order valence-electron chi connectivity index (χ1n) is 9.32. The quantitative estimate of drug-likeness (QED) is 0.867. The average Bonchev–Trinajstić information content (AvgIpc) is 3.16. The monoisotopic (exact) mass is 354 g/mol.